The van der Waals surface area contributed by atoms with Crippen LogP contribution >= 0.6 is 11.3 Å². The van der Waals surface area contributed by atoms with E-state index in [4.69, 9.17) is 9.47 Å². The van der Waals surface area contributed by atoms with E-state index in [0.717, 1.165) is 30.6 Å². The van der Waals surface area contributed by atoms with Gasteiger partial charge in [-0.1, -0.05) is 11.3 Å². The van der Waals surface area contributed by atoms with E-state index >= 15 is 0 Å². The number of rotatable bonds is 9. The first-order valence-electron chi connectivity index (χ1n) is 10.4. The summed E-state index contributed by atoms with van der Waals surface area (Å²) in [5.74, 6) is -0.409. The van der Waals surface area contributed by atoms with Crippen molar-refractivity contribution in [2.24, 2.45) is 5.92 Å². The highest BCUT2D eigenvalue weighted by Crippen LogP contribution is 2.21. The van der Waals surface area contributed by atoms with Gasteiger partial charge >= 0.3 is 0 Å². The Kier molecular flexibility index (Phi) is 8.51. The number of piperidine rings is 1. The zero-order valence-electron chi connectivity index (χ0n) is 18.1. The first-order valence-corrected chi connectivity index (χ1v) is 11.2. The number of amides is 3. The molecule has 0 saturated carbocycles. The molecule has 32 heavy (non-hydrogen) atoms. The van der Waals surface area contributed by atoms with Gasteiger partial charge in [-0.3, -0.25) is 14.4 Å². The van der Waals surface area contributed by atoms with E-state index in [1.165, 1.54) is 0 Å². The number of ether oxygens (including phenoxy) is 2. The highest BCUT2D eigenvalue weighted by Gasteiger charge is 2.30. The molecule has 0 aliphatic carbocycles. The predicted octanol–water partition coefficient (Wildman–Crippen LogP) is 1.80. The summed E-state index contributed by atoms with van der Waals surface area (Å²) in [7, 11) is 3.18. The molecule has 1 saturated heterocycles. The molecule has 1 atom stereocenters. The van der Waals surface area contributed by atoms with Gasteiger partial charge in [0.15, 0.2) is 0 Å². The lowest BCUT2D eigenvalue weighted by atomic mass is 9.97. The van der Waals surface area contributed by atoms with Crippen LogP contribution in [0, 0.1) is 5.92 Å². The second-order valence-corrected chi connectivity index (χ2v) is 8.30. The van der Waals surface area contributed by atoms with Crippen molar-refractivity contribution in [3.63, 3.8) is 0 Å². The van der Waals surface area contributed by atoms with Crippen LogP contribution in [0.25, 0.3) is 0 Å². The molecule has 10 nitrogen and oxygen atoms in total. The monoisotopic (exact) mass is 461 g/mol. The van der Waals surface area contributed by atoms with E-state index in [0.29, 0.717) is 37.7 Å². The number of nitrogens with zero attached hydrogens (tertiary/aromatic N) is 3. The van der Waals surface area contributed by atoms with Crippen molar-refractivity contribution in [1.82, 2.24) is 20.4 Å². The summed E-state index contributed by atoms with van der Waals surface area (Å²) in [6.07, 6.45) is 2.20. The smallest absolute Gasteiger partial charge is 0.286 e. The second-order valence-electron chi connectivity index (χ2n) is 7.32. The molecule has 11 heteroatoms. The summed E-state index contributed by atoms with van der Waals surface area (Å²) in [6, 6.07) is 6.87. The number of hydrogen-bond acceptors (Lipinski definition) is 8. The van der Waals surface area contributed by atoms with Crippen LogP contribution in [0.4, 0.5) is 5.69 Å². The molecule has 1 aromatic heterocycles. The Morgan fingerprint density at radius 1 is 1.16 bits per heavy atom. The molecule has 2 heterocycles. The average molecular weight is 462 g/mol. The topological polar surface area (TPSA) is 123 Å². The highest BCUT2D eigenvalue weighted by atomic mass is 32.1. The molecule has 1 aromatic carbocycles. The minimum absolute atomic E-state index is 0.0598. The number of methoxy groups -OCH3 is 2. The fraction of sp³-hybridized carbons (Fsp3) is 0.476. The summed E-state index contributed by atoms with van der Waals surface area (Å²) in [5, 5.41) is 13.6. The molecule has 0 bridgehead atoms. The fourth-order valence-electron chi connectivity index (χ4n) is 3.34. The highest BCUT2D eigenvalue weighted by molar-refractivity contribution is 7.15. The molecule has 1 aliphatic rings. The zero-order valence-corrected chi connectivity index (χ0v) is 18.9. The SMILES string of the molecule is COCCCNC(=O)[C@H]1CCCN(C(=O)c2nnc(C(=O)Nc3ccc(OC)cc3)s2)C1. The number of aromatic nitrogens is 2. The molecule has 1 fully saturated rings. The number of nitrogens with one attached hydrogen (secondary N) is 2. The van der Waals surface area contributed by atoms with Gasteiger partial charge < -0.3 is 25.0 Å². The quantitative estimate of drug-likeness (QED) is 0.546. The summed E-state index contributed by atoms with van der Waals surface area (Å²) < 4.78 is 10.1. The third-order valence-electron chi connectivity index (χ3n) is 5.05. The lowest BCUT2D eigenvalue weighted by Gasteiger charge is -2.31. The largest absolute Gasteiger partial charge is 0.497 e. The van der Waals surface area contributed by atoms with Crippen molar-refractivity contribution >= 4 is 34.7 Å². The Bertz CT molecular complexity index is 933. The Labute approximate surface area is 190 Å². The van der Waals surface area contributed by atoms with E-state index in [2.05, 4.69) is 20.8 Å². The molecule has 172 valence electrons. The van der Waals surface area contributed by atoms with Gasteiger partial charge in [0.25, 0.3) is 11.8 Å². The summed E-state index contributed by atoms with van der Waals surface area (Å²) >= 11 is 0.934. The molecule has 0 unspecified atom stereocenters. The maximum Gasteiger partial charge on any atom is 0.286 e. The van der Waals surface area contributed by atoms with Crippen molar-refractivity contribution in [2.75, 3.05) is 45.8 Å². The zero-order chi connectivity index (χ0) is 22.9. The third-order valence-corrected chi connectivity index (χ3v) is 5.96. The standard InChI is InChI=1S/C21H27N5O5S/c1-30-12-4-10-22-17(27)14-5-3-11-26(13-14)21(29)20-25-24-19(32-20)18(28)23-15-6-8-16(31-2)9-7-15/h6-9,14H,3-5,10-13H2,1-2H3,(H,22,27)(H,23,28)/t14-/m0/s1. The third kappa shape index (κ3) is 6.24. The van der Waals surface area contributed by atoms with Gasteiger partial charge in [-0.25, -0.2) is 0 Å². The molecule has 2 N–H and O–H groups in total. The second kappa shape index (κ2) is 11.5. The van der Waals surface area contributed by atoms with Gasteiger partial charge in [0.1, 0.15) is 5.75 Å². The van der Waals surface area contributed by atoms with Crippen LogP contribution in [0.15, 0.2) is 24.3 Å². The number of benzene rings is 1. The van der Waals surface area contributed by atoms with Crippen LogP contribution < -0.4 is 15.4 Å². The molecule has 3 rings (SSSR count). The van der Waals surface area contributed by atoms with Gasteiger partial charge in [0, 0.05) is 39.0 Å². The molecule has 3 amide bonds. The fourth-order valence-corrected chi connectivity index (χ4v) is 4.05. The molecular weight excluding hydrogens is 434 g/mol. The molecule has 2 aromatic rings. The summed E-state index contributed by atoms with van der Waals surface area (Å²) in [5.41, 5.74) is 0.578. The van der Waals surface area contributed by atoms with Crippen LogP contribution in [-0.4, -0.2) is 73.3 Å². The minimum Gasteiger partial charge on any atom is -0.497 e. The Morgan fingerprint density at radius 3 is 2.62 bits per heavy atom. The lowest BCUT2D eigenvalue weighted by Crippen LogP contribution is -2.45. The van der Waals surface area contributed by atoms with Gasteiger partial charge in [0.2, 0.25) is 15.9 Å². The van der Waals surface area contributed by atoms with Crippen molar-refractivity contribution in [3.05, 3.63) is 34.3 Å². The van der Waals surface area contributed by atoms with E-state index in [1.54, 1.807) is 43.4 Å². The van der Waals surface area contributed by atoms with Gasteiger partial charge in [0.05, 0.1) is 13.0 Å². The molecule has 0 radical (unpaired) electrons. The Hall–Kier alpha value is -3.05. The van der Waals surface area contributed by atoms with Gasteiger partial charge in [-0.05, 0) is 43.5 Å². The van der Waals surface area contributed by atoms with Crippen LogP contribution in [0.2, 0.25) is 0 Å². The van der Waals surface area contributed by atoms with Crippen LogP contribution in [0.3, 0.4) is 0 Å². The number of carbonyl (C=O) groups excluding carboxylic acids is 3. The van der Waals surface area contributed by atoms with E-state index in [-0.39, 0.29) is 27.7 Å². The van der Waals surface area contributed by atoms with Gasteiger partial charge in [-0.2, -0.15) is 0 Å². The number of hydrogen-bond donors (Lipinski definition) is 2. The number of carbonyl (C=O) groups is 3. The maximum absolute atomic E-state index is 12.9. The van der Waals surface area contributed by atoms with E-state index in [9.17, 15) is 14.4 Å². The van der Waals surface area contributed by atoms with E-state index < -0.39 is 5.91 Å². The van der Waals surface area contributed by atoms with Crippen molar-refractivity contribution in [1.29, 1.82) is 0 Å². The van der Waals surface area contributed by atoms with Crippen molar-refractivity contribution in [3.8, 4) is 5.75 Å². The van der Waals surface area contributed by atoms with Crippen LogP contribution in [-0.2, 0) is 9.53 Å². The first kappa shape index (κ1) is 23.6. The predicted molar refractivity (Wildman–Crippen MR) is 119 cm³/mol. The molecule has 0 spiro atoms. The summed E-state index contributed by atoms with van der Waals surface area (Å²) in [6.45, 7) is 1.99. The summed E-state index contributed by atoms with van der Waals surface area (Å²) in [4.78, 5) is 39.3. The first-order chi connectivity index (χ1) is 15.5. The number of anilines is 1. The number of likely N-dealkylation sites (tertiary alicyclic amines) is 1. The molecular formula is C21H27N5O5S. The molecule has 1 aliphatic heterocycles. The van der Waals surface area contributed by atoms with Crippen LogP contribution in [0.1, 0.15) is 38.9 Å². The lowest BCUT2D eigenvalue weighted by molar-refractivity contribution is -0.126. The Balaban J connectivity index is 1.55. The normalized spacial score (nSPS) is 15.8. The van der Waals surface area contributed by atoms with Gasteiger partial charge in [-0.15, -0.1) is 10.2 Å². The van der Waals surface area contributed by atoms with Crippen molar-refractivity contribution < 1.29 is 23.9 Å². The minimum atomic E-state index is -0.446. The maximum atomic E-state index is 12.9. The Morgan fingerprint density at radius 2 is 1.91 bits per heavy atom. The van der Waals surface area contributed by atoms with Crippen molar-refractivity contribution in [2.45, 2.75) is 19.3 Å². The van der Waals surface area contributed by atoms with E-state index in [1.807, 2.05) is 0 Å². The average Bonchev–Trinajstić information content (AvgIpc) is 3.32. The van der Waals surface area contributed by atoms with Crippen LogP contribution in [0.5, 0.6) is 5.75 Å².